The van der Waals surface area contributed by atoms with Gasteiger partial charge in [0.1, 0.15) is 0 Å². The van der Waals surface area contributed by atoms with Gasteiger partial charge in [0.25, 0.3) is 5.91 Å². The molecule has 2 rings (SSSR count). The predicted octanol–water partition coefficient (Wildman–Crippen LogP) is 3.41. The fourth-order valence-corrected chi connectivity index (χ4v) is 2.05. The molecule has 0 bridgehead atoms. The van der Waals surface area contributed by atoms with Crippen LogP contribution in [-0.2, 0) is 4.79 Å². The van der Waals surface area contributed by atoms with Crippen LogP contribution < -0.4 is 10.6 Å². The van der Waals surface area contributed by atoms with E-state index in [1.54, 1.807) is 31.2 Å². The Balaban J connectivity index is 2.05. The summed E-state index contributed by atoms with van der Waals surface area (Å²) in [4.78, 5) is 23.1. The van der Waals surface area contributed by atoms with Crippen molar-refractivity contribution in [3.63, 3.8) is 0 Å². The lowest BCUT2D eigenvalue weighted by Crippen LogP contribution is -2.26. The Bertz CT molecular complexity index is 730. The summed E-state index contributed by atoms with van der Waals surface area (Å²) in [6, 6.07) is 9.38. The fraction of sp³-hybridized carbons (Fsp3) is 0.176. The second-order valence-electron chi connectivity index (χ2n) is 5.13. The standard InChI is InChI=1S/C17H16F2N2O2/c1-10(13-5-8-15(18)16(19)9-13)20-17(23)12-3-6-14(7-4-12)21-11(2)22/h3-10H,1-2H3,(H,20,23)(H,21,22)/t10-/m1/s1. The number of anilines is 1. The molecule has 120 valence electrons. The van der Waals surface area contributed by atoms with Crippen molar-refractivity contribution in [2.45, 2.75) is 19.9 Å². The second-order valence-corrected chi connectivity index (χ2v) is 5.13. The van der Waals surface area contributed by atoms with Gasteiger partial charge in [0.05, 0.1) is 6.04 Å². The number of halogens is 2. The number of rotatable bonds is 4. The lowest BCUT2D eigenvalue weighted by atomic mass is 10.1. The number of benzene rings is 2. The lowest BCUT2D eigenvalue weighted by molar-refractivity contribution is -0.114. The lowest BCUT2D eigenvalue weighted by Gasteiger charge is -2.15. The highest BCUT2D eigenvalue weighted by Gasteiger charge is 2.13. The molecule has 0 aliphatic heterocycles. The molecule has 0 fully saturated rings. The van der Waals surface area contributed by atoms with E-state index >= 15 is 0 Å². The Morgan fingerprint density at radius 2 is 1.65 bits per heavy atom. The molecule has 0 spiro atoms. The molecule has 2 aromatic rings. The largest absolute Gasteiger partial charge is 0.346 e. The van der Waals surface area contributed by atoms with E-state index in [9.17, 15) is 18.4 Å². The van der Waals surface area contributed by atoms with Crippen molar-refractivity contribution in [1.29, 1.82) is 0 Å². The molecule has 0 aliphatic carbocycles. The van der Waals surface area contributed by atoms with Crippen molar-refractivity contribution in [3.05, 3.63) is 65.2 Å². The molecule has 0 saturated carbocycles. The number of hydrogen-bond donors (Lipinski definition) is 2. The molecule has 1 atom stereocenters. The molecule has 2 aromatic carbocycles. The number of carbonyl (C=O) groups excluding carboxylic acids is 2. The van der Waals surface area contributed by atoms with Gasteiger partial charge in [-0.3, -0.25) is 9.59 Å². The van der Waals surface area contributed by atoms with Crippen LogP contribution in [0.1, 0.15) is 35.8 Å². The smallest absolute Gasteiger partial charge is 0.251 e. The van der Waals surface area contributed by atoms with Gasteiger partial charge < -0.3 is 10.6 Å². The van der Waals surface area contributed by atoms with Gasteiger partial charge in [-0.25, -0.2) is 8.78 Å². The third-order valence-corrected chi connectivity index (χ3v) is 3.26. The van der Waals surface area contributed by atoms with Crippen LogP contribution in [0.5, 0.6) is 0 Å². The minimum Gasteiger partial charge on any atom is -0.346 e. The van der Waals surface area contributed by atoms with Crippen molar-refractivity contribution in [2.75, 3.05) is 5.32 Å². The minimum absolute atomic E-state index is 0.200. The van der Waals surface area contributed by atoms with Crippen LogP contribution >= 0.6 is 0 Å². The highest BCUT2D eigenvalue weighted by molar-refractivity contribution is 5.95. The molecular weight excluding hydrogens is 302 g/mol. The molecule has 0 aromatic heterocycles. The summed E-state index contributed by atoms with van der Waals surface area (Å²) in [7, 11) is 0. The Labute approximate surface area is 132 Å². The summed E-state index contributed by atoms with van der Waals surface area (Å²) in [5, 5.41) is 5.31. The average molecular weight is 318 g/mol. The number of amides is 2. The summed E-state index contributed by atoms with van der Waals surface area (Å²) >= 11 is 0. The van der Waals surface area contributed by atoms with Gasteiger partial charge in [-0.15, -0.1) is 0 Å². The van der Waals surface area contributed by atoms with E-state index < -0.39 is 17.7 Å². The van der Waals surface area contributed by atoms with Gasteiger partial charge in [0.15, 0.2) is 11.6 Å². The van der Waals surface area contributed by atoms with E-state index in [0.717, 1.165) is 12.1 Å². The van der Waals surface area contributed by atoms with Crippen LogP contribution in [0.3, 0.4) is 0 Å². The Morgan fingerprint density at radius 1 is 1.00 bits per heavy atom. The van der Waals surface area contributed by atoms with Crippen LogP contribution in [0.15, 0.2) is 42.5 Å². The van der Waals surface area contributed by atoms with Crippen LogP contribution in [0.25, 0.3) is 0 Å². The highest BCUT2D eigenvalue weighted by Crippen LogP contribution is 2.17. The first-order chi connectivity index (χ1) is 10.9. The summed E-state index contributed by atoms with van der Waals surface area (Å²) < 4.78 is 26.2. The van der Waals surface area contributed by atoms with Crippen LogP contribution in [0.2, 0.25) is 0 Å². The molecule has 23 heavy (non-hydrogen) atoms. The van der Waals surface area contributed by atoms with Crippen LogP contribution in [0.4, 0.5) is 14.5 Å². The van der Waals surface area contributed by atoms with Gasteiger partial charge in [0, 0.05) is 18.2 Å². The van der Waals surface area contributed by atoms with Crippen LogP contribution in [-0.4, -0.2) is 11.8 Å². The Kier molecular flexibility index (Phi) is 5.05. The number of hydrogen-bond acceptors (Lipinski definition) is 2. The first-order valence-electron chi connectivity index (χ1n) is 7.00. The van der Waals surface area contributed by atoms with E-state index in [4.69, 9.17) is 0 Å². The van der Waals surface area contributed by atoms with E-state index in [1.165, 1.54) is 13.0 Å². The molecule has 0 saturated heterocycles. The Morgan fingerprint density at radius 3 is 2.22 bits per heavy atom. The normalized spacial score (nSPS) is 11.7. The number of nitrogens with one attached hydrogen (secondary N) is 2. The van der Waals surface area contributed by atoms with Crippen molar-refractivity contribution in [3.8, 4) is 0 Å². The second kappa shape index (κ2) is 7.00. The summed E-state index contributed by atoms with van der Waals surface area (Å²) in [5.41, 5.74) is 1.45. The first-order valence-corrected chi connectivity index (χ1v) is 7.00. The van der Waals surface area contributed by atoms with Gasteiger partial charge in [-0.1, -0.05) is 6.07 Å². The van der Waals surface area contributed by atoms with Gasteiger partial charge in [-0.05, 0) is 48.9 Å². The molecular formula is C17H16F2N2O2. The SMILES string of the molecule is CC(=O)Nc1ccc(C(=O)N[C@H](C)c2ccc(F)c(F)c2)cc1. The molecule has 6 heteroatoms. The zero-order chi connectivity index (χ0) is 17.0. The quantitative estimate of drug-likeness (QED) is 0.907. The van der Waals surface area contributed by atoms with Gasteiger partial charge in [0.2, 0.25) is 5.91 Å². The Hall–Kier alpha value is -2.76. The maximum Gasteiger partial charge on any atom is 0.251 e. The molecule has 2 amide bonds. The molecule has 0 radical (unpaired) electrons. The van der Waals surface area contributed by atoms with E-state index in [0.29, 0.717) is 16.8 Å². The topological polar surface area (TPSA) is 58.2 Å². The zero-order valence-electron chi connectivity index (χ0n) is 12.7. The van der Waals surface area contributed by atoms with Crippen molar-refractivity contribution < 1.29 is 18.4 Å². The summed E-state index contributed by atoms with van der Waals surface area (Å²) in [6.45, 7) is 3.07. The van der Waals surface area contributed by atoms with E-state index in [-0.39, 0.29) is 11.8 Å². The molecule has 2 N–H and O–H groups in total. The van der Waals surface area contributed by atoms with E-state index in [1.807, 2.05) is 0 Å². The third kappa shape index (κ3) is 4.35. The average Bonchev–Trinajstić information content (AvgIpc) is 2.50. The maximum absolute atomic E-state index is 13.2. The van der Waals surface area contributed by atoms with Crippen molar-refractivity contribution in [2.24, 2.45) is 0 Å². The minimum atomic E-state index is -0.955. The highest BCUT2D eigenvalue weighted by atomic mass is 19.2. The zero-order valence-corrected chi connectivity index (χ0v) is 12.7. The van der Waals surface area contributed by atoms with E-state index in [2.05, 4.69) is 10.6 Å². The summed E-state index contributed by atoms with van der Waals surface area (Å²) in [6.07, 6.45) is 0. The molecule has 0 unspecified atom stereocenters. The summed E-state index contributed by atoms with van der Waals surface area (Å²) in [5.74, 6) is -2.44. The van der Waals surface area contributed by atoms with Gasteiger partial charge >= 0.3 is 0 Å². The van der Waals surface area contributed by atoms with Gasteiger partial charge in [-0.2, -0.15) is 0 Å². The van der Waals surface area contributed by atoms with Crippen molar-refractivity contribution >= 4 is 17.5 Å². The number of carbonyl (C=O) groups is 2. The molecule has 0 aliphatic rings. The third-order valence-electron chi connectivity index (χ3n) is 3.26. The van der Waals surface area contributed by atoms with Crippen LogP contribution in [0, 0.1) is 11.6 Å². The molecule has 4 nitrogen and oxygen atoms in total. The van der Waals surface area contributed by atoms with Crippen molar-refractivity contribution in [1.82, 2.24) is 5.32 Å². The monoisotopic (exact) mass is 318 g/mol. The fourth-order valence-electron chi connectivity index (χ4n) is 2.05. The molecule has 0 heterocycles. The maximum atomic E-state index is 13.2. The first kappa shape index (κ1) is 16.6. The predicted molar refractivity (Wildman–Crippen MR) is 83.0 cm³/mol.